The number of hydrogen-bond acceptors (Lipinski definition) is 7. The molecule has 8 nitrogen and oxygen atoms in total. The van der Waals surface area contributed by atoms with E-state index in [9.17, 15) is 29.6 Å². The van der Waals surface area contributed by atoms with Gasteiger partial charge in [0, 0.05) is 19.3 Å². The number of nitrogens with zero attached hydrogens (tertiary/aromatic N) is 2. The third-order valence-electron chi connectivity index (χ3n) is 4.69. The second-order valence-corrected chi connectivity index (χ2v) is 6.42. The number of carbonyl (C=O) groups excluding carboxylic acids is 1. The van der Waals surface area contributed by atoms with Crippen LogP contribution in [0.5, 0.6) is 0 Å². The molecule has 5 N–H and O–H groups in total. The van der Waals surface area contributed by atoms with Crippen molar-refractivity contribution < 1.29 is 29.6 Å². The zero-order chi connectivity index (χ0) is 19.3. The number of hydrogen-bond donors (Lipinski definition) is 5. The first kappa shape index (κ1) is 20.7. The summed E-state index contributed by atoms with van der Waals surface area (Å²) in [7, 11) is 0. The van der Waals surface area contributed by atoms with Crippen molar-refractivity contribution in [1.82, 2.24) is 15.2 Å². The molecule has 146 valence electrons. The number of aliphatic hydroxyl groups is 4. The fourth-order valence-corrected chi connectivity index (χ4v) is 3.09. The molecule has 0 saturated carbocycles. The largest absolute Gasteiger partial charge is 0.395 e. The first-order valence-electron chi connectivity index (χ1n) is 8.69. The summed E-state index contributed by atoms with van der Waals surface area (Å²) in [6.07, 6.45) is -1.69. The second kappa shape index (κ2) is 9.33. The number of rotatable bonds is 7. The molecule has 2 heterocycles. The van der Waals surface area contributed by atoms with Gasteiger partial charge in [-0.05, 0) is 31.4 Å². The van der Waals surface area contributed by atoms with Crippen LogP contribution < -0.4 is 5.32 Å². The Morgan fingerprint density at radius 1 is 1.27 bits per heavy atom. The lowest BCUT2D eigenvalue weighted by Crippen LogP contribution is -2.69. The van der Waals surface area contributed by atoms with Gasteiger partial charge in [-0.2, -0.15) is 4.39 Å². The molecule has 2 rings (SSSR count). The number of aromatic nitrogens is 1. The van der Waals surface area contributed by atoms with E-state index < -0.39 is 48.9 Å². The molecule has 1 saturated heterocycles. The fraction of sp³-hybridized carbons (Fsp3) is 0.647. The lowest BCUT2D eigenvalue weighted by Gasteiger charge is -2.41. The zero-order valence-corrected chi connectivity index (χ0v) is 14.6. The predicted octanol–water partition coefficient (Wildman–Crippen LogP) is -1.58. The number of piperidine rings is 1. The maximum Gasteiger partial charge on any atom is 0.242 e. The third-order valence-corrected chi connectivity index (χ3v) is 4.69. The molecule has 1 aromatic rings. The van der Waals surface area contributed by atoms with Gasteiger partial charge in [-0.15, -0.1) is 0 Å². The molecule has 9 heteroatoms. The summed E-state index contributed by atoms with van der Waals surface area (Å²) in [5.41, 5.74) is 0.851. The molecule has 0 bridgehead atoms. The minimum absolute atomic E-state index is 0.397. The van der Waals surface area contributed by atoms with E-state index in [0.717, 1.165) is 5.56 Å². The van der Waals surface area contributed by atoms with Crippen LogP contribution in [0.3, 0.4) is 0 Å². The van der Waals surface area contributed by atoms with Gasteiger partial charge in [0.1, 0.15) is 24.4 Å². The Labute approximate surface area is 151 Å². The SMILES string of the molecule is CCN(CCCc1ccc(F)nc1)C(=O)[C@H]1N[C@H](CO)[C@@H](O)[C@H](O)[C@@H]1O. The molecule has 0 aliphatic carbocycles. The molecule has 0 radical (unpaired) electrons. The number of likely N-dealkylation sites (N-methyl/N-ethyl adjacent to an activating group) is 1. The number of carbonyl (C=O) groups is 1. The Morgan fingerprint density at radius 2 is 2.00 bits per heavy atom. The Balaban J connectivity index is 1.95. The molecule has 0 spiro atoms. The Bertz CT molecular complexity index is 586. The van der Waals surface area contributed by atoms with Crippen molar-refractivity contribution in [1.29, 1.82) is 0 Å². The molecule has 1 fully saturated rings. The first-order valence-corrected chi connectivity index (χ1v) is 8.69. The first-order chi connectivity index (χ1) is 12.4. The molecular formula is C17H26FN3O5. The van der Waals surface area contributed by atoms with Gasteiger partial charge in [0.2, 0.25) is 11.9 Å². The van der Waals surface area contributed by atoms with Crippen molar-refractivity contribution >= 4 is 5.91 Å². The summed E-state index contributed by atoms with van der Waals surface area (Å²) < 4.78 is 12.8. The van der Waals surface area contributed by atoms with Crippen LogP contribution in [0.1, 0.15) is 18.9 Å². The molecule has 0 unspecified atom stereocenters. The van der Waals surface area contributed by atoms with E-state index in [1.54, 1.807) is 13.0 Å². The van der Waals surface area contributed by atoms with Gasteiger partial charge >= 0.3 is 0 Å². The van der Waals surface area contributed by atoms with E-state index in [4.69, 9.17) is 0 Å². The van der Waals surface area contributed by atoms with E-state index in [1.807, 2.05) is 0 Å². The van der Waals surface area contributed by atoms with Crippen molar-refractivity contribution in [2.45, 2.75) is 50.2 Å². The van der Waals surface area contributed by atoms with E-state index in [-0.39, 0.29) is 0 Å². The summed E-state index contributed by atoms with van der Waals surface area (Å²) in [5.74, 6) is -0.961. The average Bonchev–Trinajstić information content (AvgIpc) is 2.64. The molecule has 5 atom stereocenters. The van der Waals surface area contributed by atoms with Crippen LogP contribution in [0.15, 0.2) is 18.3 Å². The highest BCUT2D eigenvalue weighted by Crippen LogP contribution is 2.17. The minimum atomic E-state index is -1.52. The topological polar surface area (TPSA) is 126 Å². The maximum absolute atomic E-state index is 12.8. The summed E-state index contributed by atoms with van der Waals surface area (Å²) in [4.78, 5) is 17.8. The van der Waals surface area contributed by atoms with Gasteiger partial charge in [0.25, 0.3) is 0 Å². The van der Waals surface area contributed by atoms with Crippen LogP contribution in [0.4, 0.5) is 4.39 Å². The highest BCUT2D eigenvalue weighted by atomic mass is 19.1. The lowest BCUT2D eigenvalue weighted by molar-refractivity contribution is -0.153. The molecule has 26 heavy (non-hydrogen) atoms. The minimum Gasteiger partial charge on any atom is -0.395 e. The fourth-order valence-electron chi connectivity index (χ4n) is 3.09. The van der Waals surface area contributed by atoms with E-state index in [1.165, 1.54) is 17.2 Å². The van der Waals surface area contributed by atoms with Crippen LogP contribution >= 0.6 is 0 Å². The molecule has 0 aromatic carbocycles. The number of pyridine rings is 1. The van der Waals surface area contributed by atoms with Gasteiger partial charge < -0.3 is 25.3 Å². The van der Waals surface area contributed by atoms with Crippen molar-refractivity contribution in [2.24, 2.45) is 0 Å². The maximum atomic E-state index is 12.8. The highest BCUT2D eigenvalue weighted by molar-refractivity contribution is 5.83. The normalized spacial score (nSPS) is 28.8. The van der Waals surface area contributed by atoms with Crippen LogP contribution in [0.2, 0.25) is 0 Å². The third kappa shape index (κ3) is 4.74. The van der Waals surface area contributed by atoms with Crippen molar-refractivity contribution in [3.8, 4) is 0 Å². The van der Waals surface area contributed by atoms with Crippen LogP contribution in [0, 0.1) is 5.95 Å². The summed E-state index contributed by atoms with van der Waals surface area (Å²) >= 11 is 0. The molecule has 1 aliphatic rings. The van der Waals surface area contributed by atoms with Gasteiger partial charge in [-0.1, -0.05) is 6.07 Å². The van der Waals surface area contributed by atoms with E-state index >= 15 is 0 Å². The predicted molar refractivity (Wildman–Crippen MR) is 90.6 cm³/mol. The summed E-state index contributed by atoms with van der Waals surface area (Å²) in [6, 6.07) is 0.905. The second-order valence-electron chi connectivity index (χ2n) is 6.42. The Morgan fingerprint density at radius 3 is 2.58 bits per heavy atom. The van der Waals surface area contributed by atoms with Crippen LogP contribution in [-0.2, 0) is 11.2 Å². The van der Waals surface area contributed by atoms with Gasteiger partial charge in [-0.3, -0.25) is 10.1 Å². The van der Waals surface area contributed by atoms with Crippen molar-refractivity contribution in [3.05, 3.63) is 29.8 Å². The number of amides is 1. The molecule has 1 aromatic heterocycles. The quantitative estimate of drug-likeness (QED) is 0.366. The van der Waals surface area contributed by atoms with Gasteiger partial charge in [0.15, 0.2) is 0 Å². The molecule has 1 amide bonds. The number of aliphatic hydroxyl groups excluding tert-OH is 4. The smallest absolute Gasteiger partial charge is 0.242 e. The molecule has 1 aliphatic heterocycles. The van der Waals surface area contributed by atoms with Crippen molar-refractivity contribution in [3.63, 3.8) is 0 Å². The van der Waals surface area contributed by atoms with Gasteiger partial charge in [0.05, 0.1) is 12.6 Å². The van der Waals surface area contributed by atoms with E-state index in [2.05, 4.69) is 10.3 Å². The monoisotopic (exact) mass is 371 g/mol. The highest BCUT2D eigenvalue weighted by Gasteiger charge is 2.45. The van der Waals surface area contributed by atoms with Crippen LogP contribution in [-0.4, -0.2) is 86.3 Å². The zero-order valence-electron chi connectivity index (χ0n) is 14.6. The average molecular weight is 371 g/mol. The number of aryl methyl sites for hydroxylation is 1. The molecular weight excluding hydrogens is 345 g/mol. The van der Waals surface area contributed by atoms with Gasteiger partial charge in [-0.25, -0.2) is 4.98 Å². The standard InChI is InChI=1S/C17H26FN3O5/c1-2-21(7-3-4-10-5-6-12(18)19-8-10)17(26)13-15(24)16(25)14(23)11(9-22)20-13/h5-6,8,11,13-16,20,22-25H,2-4,7,9H2,1H3/t11-,13+,14-,15-,16+/m1/s1. The summed E-state index contributed by atoms with van der Waals surface area (Å²) in [5, 5.41) is 41.8. The van der Waals surface area contributed by atoms with E-state index in [0.29, 0.717) is 25.9 Å². The lowest BCUT2D eigenvalue weighted by atomic mass is 9.89. The van der Waals surface area contributed by atoms with Crippen molar-refractivity contribution in [2.75, 3.05) is 19.7 Å². The Hall–Kier alpha value is -1.65. The number of nitrogens with one attached hydrogen (secondary N) is 1. The number of halogens is 1. The Kier molecular flexibility index (Phi) is 7.42. The summed E-state index contributed by atoms with van der Waals surface area (Å²) in [6.45, 7) is 2.12. The van der Waals surface area contributed by atoms with Crippen LogP contribution in [0.25, 0.3) is 0 Å².